The van der Waals surface area contributed by atoms with Gasteiger partial charge in [0.15, 0.2) is 0 Å². The van der Waals surface area contributed by atoms with Crippen molar-refractivity contribution in [2.75, 3.05) is 0 Å². The minimum atomic E-state index is -0.249. The van der Waals surface area contributed by atoms with Gasteiger partial charge in [-0.15, -0.1) is 0 Å². The molecule has 0 aliphatic heterocycles. The highest BCUT2D eigenvalue weighted by atomic mass is 19.1. The molecule has 2 N–H and O–H groups in total. The summed E-state index contributed by atoms with van der Waals surface area (Å²) in [6, 6.07) is 6.59. The smallest absolute Gasteiger partial charge is 0.123 e. The summed E-state index contributed by atoms with van der Waals surface area (Å²) in [5.74, 6) is 0.0982. The molecule has 0 aliphatic rings. The second-order valence-electron chi connectivity index (χ2n) is 4.23. The molecule has 0 radical (unpaired) electrons. The third kappa shape index (κ3) is 1.91. The maximum atomic E-state index is 13.1. The molecular weight excluding hydrogens is 203 g/mol. The van der Waals surface area contributed by atoms with Crippen LogP contribution in [0.4, 0.5) is 4.39 Å². The van der Waals surface area contributed by atoms with Crippen LogP contribution in [0, 0.1) is 5.82 Å². The van der Waals surface area contributed by atoms with Gasteiger partial charge in [0.1, 0.15) is 5.82 Å². The van der Waals surface area contributed by atoms with Gasteiger partial charge in [0.05, 0.1) is 5.52 Å². The number of hydrogen-bond acceptors (Lipinski definition) is 2. The highest BCUT2D eigenvalue weighted by molar-refractivity contribution is 5.82. The molecule has 0 saturated carbocycles. The summed E-state index contributed by atoms with van der Waals surface area (Å²) in [4.78, 5) is 4.50. The predicted octanol–water partition coefficient (Wildman–Crippen LogP) is 2.96. The third-order valence-corrected chi connectivity index (χ3v) is 2.69. The molecule has 1 aromatic heterocycles. The molecular formula is C13H15FN2. The van der Waals surface area contributed by atoms with Crippen LogP contribution in [-0.4, -0.2) is 4.98 Å². The Morgan fingerprint density at radius 2 is 2.06 bits per heavy atom. The van der Waals surface area contributed by atoms with Crippen LogP contribution in [0.1, 0.15) is 31.0 Å². The Hall–Kier alpha value is -1.48. The average Bonchev–Trinajstić information content (AvgIpc) is 2.27. The molecule has 2 rings (SSSR count). The molecule has 0 aliphatic carbocycles. The van der Waals surface area contributed by atoms with Crippen molar-refractivity contribution in [2.45, 2.75) is 26.3 Å². The lowest BCUT2D eigenvalue weighted by molar-refractivity contribution is 0.629. The van der Waals surface area contributed by atoms with E-state index in [0.717, 1.165) is 22.2 Å². The van der Waals surface area contributed by atoms with Crippen LogP contribution < -0.4 is 5.73 Å². The molecule has 16 heavy (non-hydrogen) atoms. The molecule has 3 heteroatoms. The van der Waals surface area contributed by atoms with Crippen LogP contribution in [0.15, 0.2) is 24.3 Å². The Bertz CT molecular complexity index is 521. The Morgan fingerprint density at radius 1 is 1.31 bits per heavy atom. The average molecular weight is 218 g/mol. The van der Waals surface area contributed by atoms with Crippen molar-refractivity contribution >= 4 is 10.9 Å². The third-order valence-electron chi connectivity index (χ3n) is 2.69. The van der Waals surface area contributed by atoms with E-state index in [2.05, 4.69) is 18.8 Å². The summed E-state index contributed by atoms with van der Waals surface area (Å²) in [6.45, 7) is 4.57. The molecule has 2 nitrogen and oxygen atoms in total. The van der Waals surface area contributed by atoms with E-state index in [0.29, 0.717) is 12.5 Å². The molecule has 0 spiro atoms. The van der Waals surface area contributed by atoms with Gasteiger partial charge in [-0.25, -0.2) is 4.39 Å². The second-order valence-corrected chi connectivity index (χ2v) is 4.23. The minimum absolute atomic E-state index is 0.249. The van der Waals surface area contributed by atoms with Crippen molar-refractivity contribution in [2.24, 2.45) is 5.73 Å². The highest BCUT2D eigenvalue weighted by Gasteiger charge is 2.08. The first kappa shape index (κ1) is 11.0. The fraction of sp³-hybridized carbons (Fsp3) is 0.308. The monoisotopic (exact) mass is 218 g/mol. The number of aromatic nitrogens is 1. The van der Waals surface area contributed by atoms with Crippen LogP contribution in [0.3, 0.4) is 0 Å². The number of rotatable bonds is 2. The van der Waals surface area contributed by atoms with Crippen molar-refractivity contribution in [3.8, 4) is 0 Å². The fourth-order valence-corrected chi connectivity index (χ4v) is 1.76. The number of nitrogens with zero attached hydrogens (tertiary/aromatic N) is 1. The molecule has 0 unspecified atom stereocenters. The zero-order valence-electron chi connectivity index (χ0n) is 9.50. The topological polar surface area (TPSA) is 38.9 Å². The van der Waals surface area contributed by atoms with Gasteiger partial charge in [0.25, 0.3) is 0 Å². The molecule has 0 bridgehead atoms. The molecule has 0 atom stereocenters. The van der Waals surface area contributed by atoms with E-state index in [1.807, 2.05) is 6.07 Å². The highest BCUT2D eigenvalue weighted by Crippen LogP contribution is 2.22. The fourth-order valence-electron chi connectivity index (χ4n) is 1.76. The number of hydrogen-bond donors (Lipinski definition) is 1. The number of halogens is 1. The largest absolute Gasteiger partial charge is 0.326 e. The van der Waals surface area contributed by atoms with Gasteiger partial charge in [-0.3, -0.25) is 4.98 Å². The maximum Gasteiger partial charge on any atom is 0.123 e. The molecule has 0 amide bonds. The number of pyridine rings is 1. The Balaban J connectivity index is 2.73. The molecule has 1 heterocycles. The van der Waals surface area contributed by atoms with E-state index in [9.17, 15) is 4.39 Å². The van der Waals surface area contributed by atoms with E-state index in [1.165, 1.54) is 12.1 Å². The summed E-state index contributed by atoms with van der Waals surface area (Å²) in [5, 5.41) is 0.812. The van der Waals surface area contributed by atoms with Crippen LogP contribution in [0.25, 0.3) is 10.9 Å². The second kappa shape index (κ2) is 4.18. The molecule has 0 saturated heterocycles. The van der Waals surface area contributed by atoms with Gasteiger partial charge >= 0.3 is 0 Å². The summed E-state index contributed by atoms with van der Waals surface area (Å²) in [5.41, 5.74) is 8.45. The van der Waals surface area contributed by atoms with Gasteiger partial charge in [0.2, 0.25) is 0 Å². The predicted molar refractivity (Wildman–Crippen MR) is 63.7 cm³/mol. The Kier molecular flexibility index (Phi) is 2.88. The molecule has 84 valence electrons. The van der Waals surface area contributed by atoms with E-state index in [1.54, 1.807) is 6.07 Å². The van der Waals surface area contributed by atoms with E-state index in [4.69, 9.17) is 5.73 Å². The van der Waals surface area contributed by atoms with Gasteiger partial charge < -0.3 is 5.73 Å². The molecule has 0 fully saturated rings. The van der Waals surface area contributed by atoms with Gasteiger partial charge in [-0.1, -0.05) is 13.8 Å². The quantitative estimate of drug-likeness (QED) is 0.841. The van der Waals surface area contributed by atoms with Crippen molar-refractivity contribution in [3.05, 3.63) is 41.3 Å². The minimum Gasteiger partial charge on any atom is -0.326 e. The van der Waals surface area contributed by atoms with Crippen molar-refractivity contribution in [3.63, 3.8) is 0 Å². The van der Waals surface area contributed by atoms with E-state index in [-0.39, 0.29) is 5.82 Å². The lowest BCUT2D eigenvalue weighted by Crippen LogP contribution is -2.02. The van der Waals surface area contributed by atoms with Crippen molar-refractivity contribution in [1.82, 2.24) is 4.98 Å². The number of benzene rings is 1. The van der Waals surface area contributed by atoms with Crippen LogP contribution >= 0.6 is 0 Å². The first-order valence-corrected chi connectivity index (χ1v) is 5.41. The van der Waals surface area contributed by atoms with E-state index < -0.39 is 0 Å². The van der Waals surface area contributed by atoms with Crippen LogP contribution in [0.2, 0.25) is 0 Å². The normalized spacial score (nSPS) is 11.3. The maximum absolute atomic E-state index is 13.1. The van der Waals surface area contributed by atoms with E-state index >= 15 is 0 Å². The SMILES string of the molecule is CC(C)c1cc(CN)c2cc(F)ccc2n1. The summed E-state index contributed by atoms with van der Waals surface area (Å²) in [6.07, 6.45) is 0. The van der Waals surface area contributed by atoms with Crippen molar-refractivity contribution in [1.29, 1.82) is 0 Å². The van der Waals surface area contributed by atoms with Gasteiger partial charge in [-0.05, 0) is 35.7 Å². The number of nitrogens with two attached hydrogens (primary N) is 1. The van der Waals surface area contributed by atoms with Gasteiger partial charge in [0, 0.05) is 17.6 Å². The molecule has 2 aromatic rings. The molecule has 1 aromatic carbocycles. The lowest BCUT2D eigenvalue weighted by Gasteiger charge is -2.10. The Morgan fingerprint density at radius 3 is 2.69 bits per heavy atom. The van der Waals surface area contributed by atoms with Crippen LogP contribution in [-0.2, 0) is 6.54 Å². The standard InChI is InChI=1S/C13H15FN2/c1-8(2)13-5-9(7-15)11-6-10(14)3-4-12(11)16-13/h3-6,8H,7,15H2,1-2H3. The first-order valence-electron chi connectivity index (χ1n) is 5.41. The van der Waals surface area contributed by atoms with Crippen molar-refractivity contribution < 1.29 is 4.39 Å². The zero-order chi connectivity index (χ0) is 11.7. The lowest BCUT2D eigenvalue weighted by atomic mass is 10.0. The first-order chi connectivity index (χ1) is 7.61. The van der Waals surface area contributed by atoms with Gasteiger partial charge in [-0.2, -0.15) is 0 Å². The zero-order valence-corrected chi connectivity index (χ0v) is 9.50. The summed E-state index contributed by atoms with van der Waals surface area (Å²) < 4.78 is 13.1. The summed E-state index contributed by atoms with van der Waals surface area (Å²) in [7, 11) is 0. The van der Waals surface area contributed by atoms with Crippen LogP contribution in [0.5, 0.6) is 0 Å². The number of fused-ring (bicyclic) bond motifs is 1. The summed E-state index contributed by atoms with van der Waals surface area (Å²) >= 11 is 0. The Labute approximate surface area is 94.3 Å².